The number of rotatable bonds is 5. The number of hydrogen-bond acceptors (Lipinski definition) is 5. The second kappa shape index (κ2) is 7.97. The summed E-state index contributed by atoms with van der Waals surface area (Å²) in [6.45, 7) is 4.72. The number of nitrogens with zero attached hydrogens (tertiary/aromatic N) is 1. The third-order valence-corrected chi connectivity index (χ3v) is 7.45. The van der Waals surface area contributed by atoms with Gasteiger partial charge in [-0.05, 0) is 65.7 Å². The Labute approximate surface area is 179 Å². The van der Waals surface area contributed by atoms with Gasteiger partial charge < -0.3 is 14.8 Å². The quantitative estimate of drug-likeness (QED) is 0.707. The van der Waals surface area contributed by atoms with Gasteiger partial charge in [-0.2, -0.15) is 0 Å². The zero-order valence-corrected chi connectivity index (χ0v) is 19.1. The summed E-state index contributed by atoms with van der Waals surface area (Å²) in [6, 6.07) is 10.0. The van der Waals surface area contributed by atoms with Crippen molar-refractivity contribution in [3.63, 3.8) is 0 Å². The molecule has 0 bridgehead atoms. The number of carbonyl (C=O) groups is 1. The Morgan fingerprint density at radius 2 is 1.72 bits per heavy atom. The molecule has 1 aliphatic rings. The van der Waals surface area contributed by atoms with Gasteiger partial charge in [-0.3, -0.25) is 4.79 Å². The lowest BCUT2D eigenvalue weighted by Gasteiger charge is -2.29. The van der Waals surface area contributed by atoms with Crippen molar-refractivity contribution in [2.75, 3.05) is 27.3 Å². The summed E-state index contributed by atoms with van der Waals surface area (Å²) >= 11 is 3.25. The van der Waals surface area contributed by atoms with Gasteiger partial charge in [0.1, 0.15) is 13.2 Å². The molecule has 1 heterocycles. The lowest BCUT2D eigenvalue weighted by molar-refractivity contribution is 0.0911. The first kappa shape index (κ1) is 21.6. The molecule has 1 amide bonds. The zero-order valence-electron chi connectivity index (χ0n) is 16.7. The second-order valence-electron chi connectivity index (χ2n) is 7.37. The van der Waals surface area contributed by atoms with Crippen molar-refractivity contribution in [1.29, 1.82) is 0 Å². The normalized spacial score (nSPS) is 14.0. The number of amides is 1. The lowest BCUT2D eigenvalue weighted by atomic mass is 9.93. The van der Waals surface area contributed by atoms with Crippen LogP contribution in [0.15, 0.2) is 45.8 Å². The predicted molar refractivity (Wildman–Crippen MR) is 113 cm³/mol. The summed E-state index contributed by atoms with van der Waals surface area (Å²) in [4.78, 5) is 12.9. The average Bonchev–Trinajstić information content (AvgIpc) is 2.67. The second-order valence-corrected chi connectivity index (χ2v) is 10.3. The van der Waals surface area contributed by atoms with Crippen LogP contribution in [0.25, 0.3) is 0 Å². The van der Waals surface area contributed by atoms with Gasteiger partial charge in [-0.15, -0.1) is 0 Å². The molecular weight excluding hydrogens is 460 g/mol. The van der Waals surface area contributed by atoms with Crippen LogP contribution in [0.3, 0.4) is 0 Å². The number of carbonyl (C=O) groups excluding carboxylic acids is 1. The standard InChI is InChI=1S/C20H23BrN2O5S/c1-20(2,14-6-8-16-17(12-14)28-10-9-27-16)22-19(24)13-5-7-15(21)18(11-13)29(25,26)23(3)4/h5-8,11-12H,9-10H2,1-4H3,(H,22,24). The molecule has 0 atom stereocenters. The van der Waals surface area contributed by atoms with E-state index in [1.807, 2.05) is 32.0 Å². The van der Waals surface area contributed by atoms with Crippen LogP contribution in [0.5, 0.6) is 11.5 Å². The molecule has 0 aliphatic carbocycles. The monoisotopic (exact) mass is 482 g/mol. The number of benzene rings is 2. The van der Waals surface area contributed by atoms with Crippen molar-refractivity contribution in [3.8, 4) is 11.5 Å². The molecule has 2 aromatic rings. The highest BCUT2D eigenvalue weighted by Crippen LogP contribution is 2.34. The molecule has 0 aromatic heterocycles. The van der Waals surface area contributed by atoms with E-state index in [-0.39, 0.29) is 16.4 Å². The summed E-state index contributed by atoms with van der Waals surface area (Å²) < 4.78 is 37.7. The smallest absolute Gasteiger partial charge is 0.251 e. The minimum Gasteiger partial charge on any atom is -0.486 e. The van der Waals surface area contributed by atoms with Crippen molar-refractivity contribution in [3.05, 3.63) is 52.0 Å². The van der Waals surface area contributed by atoms with Crippen LogP contribution in [0.1, 0.15) is 29.8 Å². The molecule has 0 saturated carbocycles. The van der Waals surface area contributed by atoms with Crippen LogP contribution in [0.4, 0.5) is 0 Å². The van der Waals surface area contributed by atoms with Crippen LogP contribution >= 0.6 is 15.9 Å². The van der Waals surface area contributed by atoms with Crippen molar-refractivity contribution < 1.29 is 22.7 Å². The molecule has 0 fully saturated rings. The topological polar surface area (TPSA) is 84.9 Å². The van der Waals surface area contributed by atoms with E-state index < -0.39 is 15.6 Å². The number of halogens is 1. The Kier molecular flexibility index (Phi) is 5.93. The van der Waals surface area contributed by atoms with Crippen LogP contribution in [0, 0.1) is 0 Å². The van der Waals surface area contributed by atoms with E-state index in [0.29, 0.717) is 29.2 Å². The van der Waals surface area contributed by atoms with Gasteiger partial charge in [-0.1, -0.05) is 6.07 Å². The summed E-state index contributed by atoms with van der Waals surface area (Å²) in [6.07, 6.45) is 0. The van der Waals surface area contributed by atoms with Gasteiger partial charge in [0.15, 0.2) is 11.5 Å². The highest BCUT2D eigenvalue weighted by molar-refractivity contribution is 9.10. The van der Waals surface area contributed by atoms with Gasteiger partial charge in [0.25, 0.3) is 5.91 Å². The Morgan fingerprint density at radius 3 is 2.38 bits per heavy atom. The first-order valence-corrected chi connectivity index (χ1v) is 11.2. The predicted octanol–water partition coefficient (Wildman–Crippen LogP) is 3.14. The summed E-state index contributed by atoms with van der Waals surface area (Å²) in [5, 5.41) is 2.96. The van der Waals surface area contributed by atoms with Crippen molar-refractivity contribution in [2.45, 2.75) is 24.3 Å². The number of hydrogen-bond donors (Lipinski definition) is 1. The molecule has 1 N–H and O–H groups in total. The lowest BCUT2D eigenvalue weighted by Crippen LogP contribution is -2.41. The fourth-order valence-electron chi connectivity index (χ4n) is 2.90. The van der Waals surface area contributed by atoms with E-state index in [4.69, 9.17) is 9.47 Å². The molecule has 7 nitrogen and oxygen atoms in total. The first-order chi connectivity index (χ1) is 13.5. The van der Waals surface area contributed by atoms with E-state index in [2.05, 4.69) is 21.2 Å². The molecule has 0 saturated heterocycles. The molecule has 156 valence electrons. The largest absolute Gasteiger partial charge is 0.486 e. The molecule has 3 rings (SSSR count). The van der Waals surface area contributed by atoms with E-state index in [1.165, 1.54) is 20.2 Å². The molecule has 29 heavy (non-hydrogen) atoms. The van der Waals surface area contributed by atoms with Gasteiger partial charge in [0.05, 0.1) is 10.4 Å². The SMILES string of the molecule is CN(C)S(=O)(=O)c1cc(C(=O)NC(C)(C)c2ccc3c(c2)OCCO3)ccc1Br. The van der Waals surface area contributed by atoms with Crippen LogP contribution in [0.2, 0.25) is 0 Å². The molecule has 9 heteroatoms. The number of sulfonamides is 1. The van der Waals surface area contributed by atoms with Crippen LogP contribution in [-0.2, 0) is 15.6 Å². The highest BCUT2D eigenvalue weighted by Gasteiger charge is 2.27. The summed E-state index contributed by atoms with van der Waals surface area (Å²) in [5.41, 5.74) is 0.369. The Hall–Kier alpha value is -2.10. The number of ether oxygens (including phenoxy) is 2. The third kappa shape index (κ3) is 4.41. The van der Waals surface area contributed by atoms with Crippen LogP contribution in [-0.4, -0.2) is 45.9 Å². The maximum Gasteiger partial charge on any atom is 0.251 e. The van der Waals surface area contributed by atoms with E-state index >= 15 is 0 Å². The Morgan fingerprint density at radius 1 is 1.07 bits per heavy atom. The molecule has 0 unspecified atom stereocenters. The minimum atomic E-state index is -3.69. The van der Waals surface area contributed by atoms with Gasteiger partial charge in [0.2, 0.25) is 10.0 Å². The maximum atomic E-state index is 12.9. The highest BCUT2D eigenvalue weighted by atomic mass is 79.9. The Bertz CT molecular complexity index is 1050. The fourth-order valence-corrected chi connectivity index (χ4v) is 4.74. The van der Waals surface area contributed by atoms with Crippen molar-refractivity contribution in [1.82, 2.24) is 9.62 Å². The van der Waals surface area contributed by atoms with Gasteiger partial charge >= 0.3 is 0 Å². The average molecular weight is 483 g/mol. The maximum absolute atomic E-state index is 12.9. The summed E-state index contributed by atoms with van der Waals surface area (Å²) in [5.74, 6) is 0.931. The number of nitrogens with one attached hydrogen (secondary N) is 1. The summed E-state index contributed by atoms with van der Waals surface area (Å²) in [7, 11) is -0.806. The minimum absolute atomic E-state index is 0.0345. The number of fused-ring (bicyclic) bond motifs is 1. The fraction of sp³-hybridized carbons (Fsp3) is 0.350. The van der Waals surface area contributed by atoms with Crippen molar-refractivity contribution >= 4 is 31.9 Å². The van der Waals surface area contributed by atoms with Gasteiger partial charge in [0, 0.05) is 24.1 Å². The molecular formula is C20H23BrN2O5S. The van der Waals surface area contributed by atoms with Crippen molar-refractivity contribution in [2.24, 2.45) is 0 Å². The van der Waals surface area contributed by atoms with Crippen LogP contribution < -0.4 is 14.8 Å². The van der Waals surface area contributed by atoms with E-state index in [9.17, 15) is 13.2 Å². The molecule has 1 aliphatic heterocycles. The third-order valence-electron chi connectivity index (χ3n) is 4.64. The first-order valence-electron chi connectivity index (χ1n) is 8.97. The zero-order chi connectivity index (χ0) is 21.4. The molecule has 0 spiro atoms. The van der Waals surface area contributed by atoms with Gasteiger partial charge in [-0.25, -0.2) is 12.7 Å². The molecule has 0 radical (unpaired) electrons. The van der Waals surface area contributed by atoms with E-state index in [0.717, 1.165) is 9.87 Å². The Balaban J connectivity index is 1.88. The van der Waals surface area contributed by atoms with E-state index in [1.54, 1.807) is 12.1 Å². The molecule has 2 aromatic carbocycles.